The molecule has 102 valence electrons. The minimum atomic E-state index is -0.898. The molecule has 1 rings (SSSR count). The fraction of sp³-hybridized carbons (Fsp3) is 0.467. The highest BCUT2D eigenvalue weighted by Gasteiger charge is 2.36. The molecule has 0 fully saturated rings. The van der Waals surface area contributed by atoms with E-state index in [1.807, 2.05) is 38.1 Å². The second-order valence-electron chi connectivity index (χ2n) is 4.66. The molecule has 3 nitrogen and oxygen atoms in total. The summed E-state index contributed by atoms with van der Waals surface area (Å²) in [5.74, 6) is -0.180. The van der Waals surface area contributed by atoms with Crippen LogP contribution in [0.15, 0.2) is 24.3 Å². The predicted octanol–water partition coefficient (Wildman–Crippen LogP) is 4.34. The Balaban J connectivity index is 2.91. The molecule has 0 saturated heterocycles. The van der Waals surface area contributed by atoms with Crippen molar-refractivity contribution in [3.63, 3.8) is 0 Å². The summed E-state index contributed by atoms with van der Waals surface area (Å²) in [5, 5.41) is 12.3. The highest BCUT2D eigenvalue weighted by molar-refractivity contribution is 14.1. The maximum atomic E-state index is 12.4. The number of nitriles is 1. The Kier molecular flexibility index (Phi) is 6.29. The smallest absolute Gasteiger partial charge is 0.244 e. The summed E-state index contributed by atoms with van der Waals surface area (Å²) in [6.07, 6.45) is 2.86. The van der Waals surface area contributed by atoms with Crippen LogP contribution < -0.4 is 5.32 Å². The lowest BCUT2D eigenvalue weighted by atomic mass is 9.79. The van der Waals surface area contributed by atoms with Crippen molar-refractivity contribution in [1.82, 2.24) is 0 Å². The van der Waals surface area contributed by atoms with Crippen molar-refractivity contribution in [2.45, 2.75) is 39.5 Å². The predicted molar refractivity (Wildman–Crippen MR) is 85.7 cm³/mol. The summed E-state index contributed by atoms with van der Waals surface area (Å²) >= 11 is 2.20. The van der Waals surface area contributed by atoms with Crippen LogP contribution in [0.5, 0.6) is 0 Å². The highest BCUT2D eigenvalue weighted by atomic mass is 127. The van der Waals surface area contributed by atoms with Crippen molar-refractivity contribution in [2.75, 3.05) is 5.32 Å². The zero-order valence-electron chi connectivity index (χ0n) is 11.4. The van der Waals surface area contributed by atoms with Gasteiger partial charge in [-0.1, -0.05) is 32.8 Å². The fourth-order valence-electron chi connectivity index (χ4n) is 2.19. The fourth-order valence-corrected chi connectivity index (χ4v) is 2.73. The number of rotatable bonds is 6. The minimum Gasteiger partial charge on any atom is -0.325 e. The Morgan fingerprint density at radius 3 is 2.47 bits per heavy atom. The van der Waals surface area contributed by atoms with Gasteiger partial charge in [-0.2, -0.15) is 5.26 Å². The van der Waals surface area contributed by atoms with Gasteiger partial charge in [0.15, 0.2) is 0 Å². The van der Waals surface area contributed by atoms with E-state index in [0.717, 1.165) is 22.1 Å². The third-order valence-corrected chi connectivity index (χ3v) is 3.76. The van der Waals surface area contributed by atoms with Crippen molar-refractivity contribution in [3.05, 3.63) is 27.8 Å². The van der Waals surface area contributed by atoms with Gasteiger partial charge in [0.2, 0.25) is 5.91 Å². The van der Waals surface area contributed by atoms with Crippen molar-refractivity contribution in [2.24, 2.45) is 5.41 Å². The summed E-state index contributed by atoms with van der Waals surface area (Å²) in [5.41, 5.74) is -0.145. The molecule has 19 heavy (non-hydrogen) atoms. The number of benzene rings is 1. The molecule has 0 unspecified atom stereocenters. The number of amides is 1. The summed E-state index contributed by atoms with van der Waals surface area (Å²) in [6, 6.07) is 9.84. The SMILES string of the molecule is CCCC(C#N)(CCC)C(=O)Nc1cccc(I)c1. The molecular formula is C15H19IN2O. The molecule has 0 atom stereocenters. The van der Waals surface area contributed by atoms with Gasteiger partial charge in [-0.05, 0) is 53.6 Å². The number of hydrogen-bond donors (Lipinski definition) is 1. The van der Waals surface area contributed by atoms with Crippen LogP contribution in [0.4, 0.5) is 5.69 Å². The van der Waals surface area contributed by atoms with E-state index in [0.29, 0.717) is 12.8 Å². The number of nitrogens with zero attached hydrogens (tertiary/aromatic N) is 1. The third kappa shape index (κ3) is 4.20. The average molecular weight is 370 g/mol. The molecule has 0 bridgehead atoms. The van der Waals surface area contributed by atoms with Crippen LogP contribution in [-0.2, 0) is 4.79 Å². The van der Waals surface area contributed by atoms with E-state index in [9.17, 15) is 10.1 Å². The van der Waals surface area contributed by atoms with Crippen molar-refractivity contribution in [1.29, 1.82) is 5.26 Å². The van der Waals surface area contributed by atoms with Crippen LogP contribution in [0.2, 0.25) is 0 Å². The molecule has 0 spiro atoms. The van der Waals surface area contributed by atoms with Gasteiger partial charge < -0.3 is 5.32 Å². The third-order valence-electron chi connectivity index (χ3n) is 3.08. The van der Waals surface area contributed by atoms with Crippen LogP contribution in [0, 0.1) is 20.3 Å². The molecule has 1 aromatic carbocycles. The molecule has 1 aromatic rings. The molecule has 0 aliphatic rings. The van der Waals surface area contributed by atoms with Gasteiger partial charge in [-0.3, -0.25) is 4.79 Å². The molecule has 4 heteroatoms. The van der Waals surface area contributed by atoms with Crippen LogP contribution in [0.25, 0.3) is 0 Å². The van der Waals surface area contributed by atoms with Crippen molar-refractivity contribution >= 4 is 34.2 Å². The summed E-state index contributed by atoms with van der Waals surface area (Å²) in [7, 11) is 0. The largest absolute Gasteiger partial charge is 0.325 e. The van der Waals surface area contributed by atoms with Gasteiger partial charge in [0.1, 0.15) is 5.41 Å². The van der Waals surface area contributed by atoms with E-state index in [1.165, 1.54) is 0 Å². The lowest BCUT2D eigenvalue weighted by Crippen LogP contribution is -2.35. The van der Waals surface area contributed by atoms with Gasteiger partial charge in [-0.25, -0.2) is 0 Å². The number of anilines is 1. The van der Waals surface area contributed by atoms with Crippen LogP contribution in [-0.4, -0.2) is 5.91 Å². The number of carbonyl (C=O) groups excluding carboxylic acids is 1. The Labute approximate surface area is 128 Å². The minimum absolute atomic E-state index is 0.180. The molecule has 1 amide bonds. The first-order valence-corrected chi connectivity index (χ1v) is 7.64. The number of carbonyl (C=O) groups is 1. The Morgan fingerprint density at radius 1 is 1.37 bits per heavy atom. The Bertz CT molecular complexity index is 473. The van der Waals surface area contributed by atoms with Crippen LogP contribution in [0.1, 0.15) is 39.5 Å². The van der Waals surface area contributed by atoms with Gasteiger partial charge in [0.05, 0.1) is 6.07 Å². The van der Waals surface area contributed by atoms with E-state index >= 15 is 0 Å². The molecular weight excluding hydrogens is 351 g/mol. The van der Waals surface area contributed by atoms with E-state index in [-0.39, 0.29) is 5.91 Å². The highest BCUT2D eigenvalue weighted by Crippen LogP contribution is 2.31. The molecule has 0 heterocycles. The molecule has 0 radical (unpaired) electrons. The number of hydrogen-bond acceptors (Lipinski definition) is 2. The van der Waals surface area contributed by atoms with Gasteiger partial charge in [0.25, 0.3) is 0 Å². The lowest BCUT2D eigenvalue weighted by Gasteiger charge is -2.24. The first kappa shape index (κ1) is 16.0. The topological polar surface area (TPSA) is 52.9 Å². The Morgan fingerprint density at radius 2 is 2.00 bits per heavy atom. The first-order chi connectivity index (χ1) is 9.07. The maximum Gasteiger partial charge on any atom is 0.244 e. The van der Waals surface area contributed by atoms with Crippen LogP contribution in [0.3, 0.4) is 0 Å². The van der Waals surface area contributed by atoms with Crippen molar-refractivity contribution < 1.29 is 4.79 Å². The van der Waals surface area contributed by atoms with E-state index in [2.05, 4.69) is 34.0 Å². The molecule has 0 aliphatic carbocycles. The monoisotopic (exact) mass is 370 g/mol. The molecule has 0 aromatic heterocycles. The Hall–Kier alpha value is -1.09. The van der Waals surface area contributed by atoms with E-state index < -0.39 is 5.41 Å². The van der Waals surface area contributed by atoms with E-state index in [1.54, 1.807) is 0 Å². The van der Waals surface area contributed by atoms with Crippen LogP contribution >= 0.6 is 22.6 Å². The lowest BCUT2D eigenvalue weighted by molar-refractivity contribution is -0.123. The molecule has 1 N–H and O–H groups in total. The second-order valence-corrected chi connectivity index (χ2v) is 5.90. The van der Waals surface area contributed by atoms with E-state index in [4.69, 9.17) is 0 Å². The molecule has 0 aliphatic heterocycles. The van der Waals surface area contributed by atoms with Gasteiger partial charge in [-0.15, -0.1) is 0 Å². The quantitative estimate of drug-likeness (QED) is 0.758. The van der Waals surface area contributed by atoms with Gasteiger partial charge >= 0.3 is 0 Å². The average Bonchev–Trinajstić information content (AvgIpc) is 2.38. The zero-order chi connectivity index (χ0) is 14.3. The summed E-state index contributed by atoms with van der Waals surface area (Å²) in [6.45, 7) is 4.00. The zero-order valence-corrected chi connectivity index (χ0v) is 13.5. The number of nitrogens with one attached hydrogen (secondary N) is 1. The maximum absolute atomic E-state index is 12.4. The van der Waals surface area contributed by atoms with Crippen molar-refractivity contribution in [3.8, 4) is 6.07 Å². The standard InChI is InChI=1S/C15H19IN2O/c1-3-8-15(11-17,9-4-2)14(19)18-13-7-5-6-12(16)10-13/h5-7,10H,3-4,8-9H2,1-2H3,(H,18,19). The normalized spacial score (nSPS) is 10.8. The number of halogens is 1. The van der Waals surface area contributed by atoms with Gasteiger partial charge in [0, 0.05) is 9.26 Å². The first-order valence-electron chi connectivity index (χ1n) is 6.56. The summed E-state index contributed by atoms with van der Waals surface area (Å²) in [4.78, 5) is 12.4. The molecule has 0 saturated carbocycles. The summed E-state index contributed by atoms with van der Waals surface area (Å²) < 4.78 is 1.06. The second kappa shape index (κ2) is 7.49.